The van der Waals surface area contributed by atoms with E-state index in [1.807, 2.05) is 0 Å². The first-order valence-electron chi connectivity index (χ1n) is 10.5. The Bertz CT molecular complexity index is 1510. The summed E-state index contributed by atoms with van der Waals surface area (Å²) in [6, 6.07) is 11.3. The minimum absolute atomic E-state index is 0.0651. The quantitative estimate of drug-likeness (QED) is 0.339. The normalized spacial score (nSPS) is 15.2. The van der Waals surface area contributed by atoms with E-state index < -0.39 is 17.1 Å². The largest absolute Gasteiger partial charge is 0.382 e. The Morgan fingerprint density at radius 2 is 1.91 bits per heavy atom. The second-order valence-electron chi connectivity index (χ2n) is 7.90. The van der Waals surface area contributed by atoms with Crippen LogP contribution in [0.1, 0.15) is 27.7 Å². The number of rotatable bonds is 3. The number of nitrogens with one attached hydrogen (secondary N) is 3. The van der Waals surface area contributed by atoms with Gasteiger partial charge in [-0.05, 0) is 35.9 Å². The van der Waals surface area contributed by atoms with Crippen LogP contribution >= 0.6 is 11.6 Å². The highest BCUT2D eigenvalue weighted by atomic mass is 35.5. The molecule has 0 bridgehead atoms. The number of benzene rings is 2. The van der Waals surface area contributed by atoms with Crippen molar-refractivity contribution in [2.75, 3.05) is 26.2 Å². The van der Waals surface area contributed by atoms with Gasteiger partial charge in [-0.3, -0.25) is 14.4 Å². The Labute approximate surface area is 192 Å². The van der Waals surface area contributed by atoms with E-state index in [2.05, 4.69) is 20.5 Å². The number of aromatic amines is 2. The van der Waals surface area contributed by atoms with Crippen LogP contribution in [-0.4, -0.2) is 57.3 Å². The van der Waals surface area contributed by atoms with Crippen LogP contribution < -0.4 is 16.3 Å². The number of piperazine rings is 1. The third-order valence-corrected chi connectivity index (χ3v) is 6.07. The fourth-order valence-electron chi connectivity index (χ4n) is 4.14. The molecule has 9 nitrogen and oxygen atoms in total. The number of pyridine rings is 1. The molecule has 2 aromatic heterocycles. The Morgan fingerprint density at radius 1 is 1.12 bits per heavy atom. The lowest BCUT2D eigenvalue weighted by Crippen LogP contribution is -2.46. The summed E-state index contributed by atoms with van der Waals surface area (Å²) in [5, 5.41) is 21.3. The van der Waals surface area contributed by atoms with Gasteiger partial charge in [0.25, 0.3) is 11.5 Å². The minimum atomic E-state index is -1.30. The highest BCUT2D eigenvalue weighted by molar-refractivity contribution is 6.31. The van der Waals surface area contributed by atoms with E-state index in [0.717, 1.165) is 13.1 Å². The predicted octanol–water partition coefficient (Wildman–Crippen LogP) is 1.55. The first kappa shape index (κ1) is 21.3. The van der Waals surface area contributed by atoms with Gasteiger partial charge in [0.15, 0.2) is 0 Å². The van der Waals surface area contributed by atoms with Gasteiger partial charge in [-0.15, -0.1) is 0 Å². The van der Waals surface area contributed by atoms with Gasteiger partial charge in [-0.25, -0.2) is 5.10 Å². The van der Waals surface area contributed by atoms with Gasteiger partial charge in [-0.1, -0.05) is 23.7 Å². The van der Waals surface area contributed by atoms with E-state index >= 15 is 0 Å². The summed E-state index contributed by atoms with van der Waals surface area (Å²) < 4.78 is 0. The smallest absolute Gasteiger partial charge is 0.277 e. The molecule has 1 atom stereocenters. The van der Waals surface area contributed by atoms with E-state index in [9.17, 15) is 19.5 Å². The summed E-state index contributed by atoms with van der Waals surface area (Å²) in [4.78, 5) is 43.1. The van der Waals surface area contributed by atoms with Crippen molar-refractivity contribution in [3.8, 4) is 0 Å². The Morgan fingerprint density at radius 3 is 2.70 bits per heavy atom. The number of fused-ring (bicyclic) bond motifs is 2. The van der Waals surface area contributed by atoms with Gasteiger partial charge in [-0.2, -0.15) is 5.10 Å². The average Bonchev–Trinajstić information content (AvgIpc) is 2.84. The first-order valence-corrected chi connectivity index (χ1v) is 10.8. The van der Waals surface area contributed by atoms with E-state index in [1.54, 1.807) is 41.3 Å². The number of H-pyrrole nitrogens is 2. The van der Waals surface area contributed by atoms with Crippen LogP contribution in [0.5, 0.6) is 0 Å². The highest BCUT2D eigenvalue weighted by Gasteiger charge is 2.23. The number of halogens is 1. The van der Waals surface area contributed by atoms with Crippen molar-refractivity contribution in [3.63, 3.8) is 0 Å². The SMILES string of the molecule is O=C(c1cccc(C(O)c2n[nH]c(=O)c3c(=O)c4ccc(Cl)cc4[nH]c23)c1)N1CCNCC1. The van der Waals surface area contributed by atoms with Crippen molar-refractivity contribution in [1.29, 1.82) is 0 Å². The third-order valence-electron chi connectivity index (χ3n) is 5.84. The number of hydrogen-bond acceptors (Lipinski definition) is 6. The Balaban J connectivity index is 1.62. The number of amides is 1. The summed E-state index contributed by atoms with van der Waals surface area (Å²) in [6.07, 6.45) is -1.30. The van der Waals surface area contributed by atoms with Gasteiger partial charge in [0, 0.05) is 42.2 Å². The molecule has 10 heteroatoms. The maximum absolute atomic E-state index is 13.0. The zero-order chi connectivity index (χ0) is 23.1. The van der Waals surface area contributed by atoms with E-state index in [4.69, 9.17) is 11.6 Å². The average molecular weight is 466 g/mol. The van der Waals surface area contributed by atoms with Crippen molar-refractivity contribution in [1.82, 2.24) is 25.4 Å². The number of carbonyl (C=O) groups is 1. The van der Waals surface area contributed by atoms with Crippen molar-refractivity contribution < 1.29 is 9.90 Å². The maximum Gasteiger partial charge on any atom is 0.277 e. The molecule has 1 aliphatic heterocycles. The molecule has 2 aromatic carbocycles. The van der Waals surface area contributed by atoms with Crippen molar-refractivity contribution in [3.05, 3.63) is 84.9 Å². The summed E-state index contributed by atoms with van der Waals surface area (Å²) in [6.45, 7) is 2.67. The van der Waals surface area contributed by atoms with Gasteiger partial charge >= 0.3 is 0 Å². The van der Waals surface area contributed by atoms with Crippen LogP contribution in [0.15, 0.2) is 52.1 Å². The molecule has 1 fully saturated rings. The van der Waals surface area contributed by atoms with Gasteiger partial charge in [0.2, 0.25) is 5.43 Å². The van der Waals surface area contributed by atoms with Crippen LogP contribution in [0, 0.1) is 0 Å². The van der Waals surface area contributed by atoms with Crippen LogP contribution in [-0.2, 0) is 0 Å². The van der Waals surface area contributed by atoms with Crippen LogP contribution in [0.25, 0.3) is 21.8 Å². The van der Waals surface area contributed by atoms with E-state index in [1.165, 1.54) is 6.07 Å². The van der Waals surface area contributed by atoms with Crippen LogP contribution in [0.2, 0.25) is 5.02 Å². The molecule has 1 saturated heterocycles. The second-order valence-corrected chi connectivity index (χ2v) is 8.34. The molecular weight excluding hydrogens is 446 g/mol. The monoisotopic (exact) mass is 465 g/mol. The molecule has 1 amide bonds. The van der Waals surface area contributed by atoms with Crippen molar-refractivity contribution in [2.45, 2.75) is 6.10 Å². The third kappa shape index (κ3) is 3.80. The van der Waals surface area contributed by atoms with Crippen molar-refractivity contribution >= 4 is 39.3 Å². The summed E-state index contributed by atoms with van der Waals surface area (Å²) in [5.41, 5.74) is 0.289. The summed E-state index contributed by atoms with van der Waals surface area (Å²) in [7, 11) is 0. The first-order chi connectivity index (χ1) is 15.9. The molecule has 0 radical (unpaired) electrons. The number of aliphatic hydroxyl groups excluding tert-OH is 1. The van der Waals surface area contributed by atoms with Crippen LogP contribution in [0.4, 0.5) is 0 Å². The standard InChI is InChI=1S/C23H20ClN5O4/c24-14-4-5-15-16(11-14)26-18-17(21(15)31)22(32)28-27-19(18)20(30)12-2-1-3-13(10-12)23(33)29-8-6-25-7-9-29/h1-5,10-11,20,25,30H,6-9H2,(H,26,31)(H,28,32). The van der Waals surface area contributed by atoms with Crippen LogP contribution in [0.3, 0.4) is 0 Å². The number of hydrogen-bond donors (Lipinski definition) is 4. The molecule has 168 valence electrons. The Kier molecular flexibility index (Phi) is 5.45. The minimum Gasteiger partial charge on any atom is -0.382 e. The molecule has 3 heterocycles. The van der Waals surface area contributed by atoms with Gasteiger partial charge < -0.3 is 20.3 Å². The molecule has 0 aliphatic carbocycles. The molecule has 0 saturated carbocycles. The lowest BCUT2D eigenvalue weighted by molar-refractivity contribution is 0.0735. The summed E-state index contributed by atoms with van der Waals surface area (Å²) in [5.74, 6) is -0.126. The van der Waals surface area contributed by atoms with Crippen molar-refractivity contribution in [2.24, 2.45) is 0 Å². The zero-order valence-corrected chi connectivity index (χ0v) is 18.1. The molecule has 4 aromatic rings. The second kappa shape index (κ2) is 8.43. The highest BCUT2D eigenvalue weighted by Crippen LogP contribution is 2.26. The predicted molar refractivity (Wildman–Crippen MR) is 125 cm³/mol. The number of aromatic nitrogens is 3. The molecule has 33 heavy (non-hydrogen) atoms. The fraction of sp³-hybridized carbons (Fsp3) is 0.217. The molecule has 1 aliphatic rings. The maximum atomic E-state index is 13.0. The molecule has 5 rings (SSSR count). The Hall–Kier alpha value is -3.53. The zero-order valence-electron chi connectivity index (χ0n) is 17.4. The van der Waals surface area contributed by atoms with Gasteiger partial charge in [0.1, 0.15) is 17.2 Å². The molecule has 0 spiro atoms. The molecule has 4 N–H and O–H groups in total. The molecular formula is C23H20ClN5O4. The number of carbonyl (C=O) groups excluding carboxylic acids is 1. The molecule has 1 unspecified atom stereocenters. The summed E-state index contributed by atoms with van der Waals surface area (Å²) >= 11 is 6.07. The number of aliphatic hydroxyl groups is 1. The lowest BCUT2D eigenvalue weighted by Gasteiger charge is -2.27. The topological polar surface area (TPSA) is 131 Å². The van der Waals surface area contributed by atoms with E-state index in [-0.39, 0.29) is 22.5 Å². The number of nitrogens with zero attached hydrogens (tertiary/aromatic N) is 2. The van der Waals surface area contributed by atoms with E-state index in [0.29, 0.717) is 40.1 Å². The fourth-order valence-corrected chi connectivity index (χ4v) is 4.31. The lowest BCUT2D eigenvalue weighted by atomic mass is 10.0. The van der Waals surface area contributed by atoms with Gasteiger partial charge in [0.05, 0.1) is 11.0 Å².